The number of anilines is 2. The molecule has 1 saturated heterocycles. The number of rotatable bonds is 7. The van der Waals surface area contributed by atoms with Crippen molar-refractivity contribution in [3.63, 3.8) is 0 Å². The molecule has 3 heterocycles. The molecular weight excluding hydrogens is 586 g/mol. The lowest BCUT2D eigenvalue weighted by Crippen LogP contribution is -2.58. The minimum Gasteiger partial charge on any atom is -0.366 e. The number of benzene rings is 3. The molecule has 3 aromatic carbocycles. The summed E-state index contributed by atoms with van der Waals surface area (Å²) in [5.41, 5.74) is 5.87. The van der Waals surface area contributed by atoms with Gasteiger partial charge in [0.15, 0.2) is 0 Å². The van der Waals surface area contributed by atoms with E-state index in [0.717, 1.165) is 28.1 Å². The summed E-state index contributed by atoms with van der Waals surface area (Å²) >= 11 is 6.10. The van der Waals surface area contributed by atoms with Gasteiger partial charge >= 0.3 is 0 Å². The molecule has 6 rings (SSSR count). The zero-order valence-corrected chi connectivity index (χ0v) is 25.7. The first kappa shape index (κ1) is 29.5. The summed E-state index contributed by atoms with van der Waals surface area (Å²) in [6, 6.07) is 20.2. The molecule has 0 aromatic heterocycles. The van der Waals surface area contributed by atoms with Gasteiger partial charge in [-0.15, -0.1) is 0 Å². The minimum absolute atomic E-state index is 0.129. The number of piperazine rings is 1. The Morgan fingerprint density at radius 3 is 2.35 bits per heavy atom. The third-order valence-electron chi connectivity index (χ3n) is 8.63. The van der Waals surface area contributed by atoms with Gasteiger partial charge < -0.3 is 20.4 Å². The minimum atomic E-state index is -3.39. The molecule has 0 saturated carbocycles. The van der Waals surface area contributed by atoms with Crippen molar-refractivity contribution in [1.29, 1.82) is 0 Å². The molecule has 0 aliphatic carbocycles. The van der Waals surface area contributed by atoms with Gasteiger partial charge in [0, 0.05) is 50.7 Å². The first-order chi connectivity index (χ1) is 20.7. The molecule has 2 atom stereocenters. The Morgan fingerprint density at radius 1 is 0.930 bits per heavy atom. The quantitative estimate of drug-likeness (QED) is 0.421. The van der Waals surface area contributed by atoms with E-state index in [1.54, 1.807) is 17.0 Å². The maximum atomic E-state index is 14.0. The summed E-state index contributed by atoms with van der Waals surface area (Å²) in [5, 5.41) is 7.00. The number of nitrogens with one attached hydrogen (secondary N) is 2. The zero-order valence-electron chi connectivity index (χ0n) is 24.1. The first-order valence-electron chi connectivity index (χ1n) is 14.7. The molecule has 0 spiro atoms. The molecule has 3 aliphatic rings. The van der Waals surface area contributed by atoms with Crippen LogP contribution in [0.5, 0.6) is 0 Å². The van der Waals surface area contributed by atoms with Crippen molar-refractivity contribution in [1.82, 2.24) is 15.5 Å². The van der Waals surface area contributed by atoms with E-state index in [0.29, 0.717) is 63.6 Å². The summed E-state index contributed by atoms with van der Waals surface area (Å²) < 4.78 is 26.5. The molecule has 1 unspecified atom stereocenters. The Hall–Kier alpha value is -3.60. The highest BCUT2D eigenvalue weighted by Crippen LogP contribution is 2.39. The lowest BCUT2D eigenvalue weighted by atomic mass is 9.95. The van der Waals surface area contributed by atoms with E-state index in [9.17, 15) is 18.0 Å². The Kier molecular flexibility index (Phi) is 8.35. The van der Waals surface area contributed by atoms with E-state index in [2.05, 4.69) is 21.6 Å². The highest BCUT2D eigenvalue weighted by atomic mass is 35.5. The second-order valence-electron chi connectivity index (χ2n) is 11.5. The highest BCUT2D eigenvalue weighted by Gasteiger charge is 2.34. The van der Waals surface area contributed by atoms with Crippen LogP contribution in [-0.2, 0) is 45.4 Å². The molecule has 0 radical (unpaired) electrons. The predicted molar refractivity (Wildman–Crippen MR) is 169 cm³/mol. The molecule has 3 aromatic rings. The third kappa shape index (κ3) is 6.37. The highest BCUT2D eigenvalue weighted by molar-refractivity contribution is 7.92. The van der Waals surface area contributed by atoms with Gasteiger partial charge in [0.2, 0.25) is 21.8 Å². The van der Waals surface area contributed by atoms with Gasteiger partial charge in [-0.1, -0.05) is 60.1 Å². The topological polar surface area (TPSA) is 102 Å². The van der Waals surface area contributed by atoms with Crippen LogP contribution in [0.4, 0.5) is 11.4 Å². The average molecular weight is 622 g/mol. The Labute approximate surface area is 257 Å². The van der Waals surface area contributed by atoms with Gasteiger partial charge in [0.25, 0.3) is 0 Å². The van der Waals surface area contributed by atoms with Crippen LogP contribution in [-0.4, -0.2) is 76.2 Å². The van der Waals surface area contributed by atoms with Gasteiger partial charge in [-0.2, -0.15) is 0 Å². The van der Waals surface area contributed by atoms with Crippen LogP contribution in [0.15, 0.2) is 66.7 Å². The summed E-state index contributed by atoms with van der Waals surface area (Å²) in [6.45, 7) is 3.08. The number of carbonyl (C=O) groups is 2. The summed E-state index contributed by atoms with van der Waals surface area (Å²) in [7, 11) is -3.39. The van der Waals surface area contributed by atoms with Crippen LogP contribution in [0.2, 0.25) is 5.02 Å². The van der Waals surface area contributed by atoms with Crippen molar-refractivity contribution in [3.05, 3.63) is 94.0 Å². The monoisotopic (exact) mass is 621 g/mol. The molecule has 1 fully saturated rings. The van der Waals surface area contributed by atoms with Crippen LogP contribution in [0, 0.1) is 0 Å². The van der Waals surface area contributed by atoms with Crippen molar-refractivity contribution < 1.29 is 18.0 Å². The second kappa shape index (κ2) is 12.2. The number of amides is 2. The lowest BCUT2D eigenvalue weighted by molar-refractivity contribution is -0.137. The Morgan fingerprint density at radius 2 is 1.63 bits per heavy atom. The first-order valence-corrected chi connectivity index (χ1v) is 16.9. The van der Waals surface area contributed by atoms with Gasteiger partial charge in [-0.05, 0) is 53.3 Å². The van der Waals surface area contributed by atoms with Crippen molar-refractivity contribution in [3.8, 4) is 0 Å². The van der Waals surface area contributed by atoms with E-state index in [1.807, 2.05) is 48.5 Å². The Bertz CT molecular complexity index is 1620. The number of para-hydroxylation sites is 1. The SMILES string of the molecule is CS(=O)(=O)N1CCc2cccc(N3CCN(C(=O)C(Cc4ccc(Cl)cc4)NC(=O)[C@H]4Cc5ccccc5CN4)CC3)c21. The maximum absolute atomic E-state index is 14.0. The van der Waals surface area contributed by atoms with Gasteiger partial charge in [-0.25, -0.2) is 8.42 Å². The van der Waals surface area contributed by atoms with Crippen LogP contribution >= 0.6 is 11.6 Å². The number of hydrogen-bond acceptors (Lipinski definition) is 6. The summed E-state index contributed by atoms with van der Waals surface area (Å²) in [6.07, 6.45) is 2.84. The molecule has 2 amide bonds. The van der Waals surface area contributed by atoms with E-state index in [1.165, 1.54) is 16.1 Å². The third-order valence-corrected chi connectivity index (χ3v) is 10.0. The number of fused-ring (bicyclic) bond motifs is 2. The van der Waals surface area contributed by atoms with E-state index in [-0.39, 0.29) is 11.8 Å². The number of sulfonamides is 1. The van der Waals surface area contributed by atoms with E-state index >= 15 is 0 Å². The maximum Gasteiger partial charge on any atom is 0.245 e. The fraction of sp³-hybridized carbons (Fsp3) is 0.375. The predicted octanol–water partition coefficient (Wildman–Crippen LogP) is 2.75. The zero-order chi connectivity index (χ0) is 30.1. The molecule has 11 heteroatoms. The smallest absolute Gasteiger partial charge is 0.245 e. The van der Waals surface area contributed by atoms with Crippen molar-refractivity contribution in [2.75, 3.05) is 48.2 Å². The van der Waals surface area contributed by atoms with E-state index < -0.39 is 22.1 Å². The molecule has 2 N–H and O–H groups in total. The van der Waals surface area contributed by atoms with Crippen LogP contribution in [0.1, 0.15) is 22.3 Å². The summed E-state index contributed by atoms with van der Waals surface area (Å²) in [5.74, 6) is -0.323. The van der Waals surface area contributed by atoms with Crippen LogP contribution in [0.3, 0.4) is 0 Å². The number of carbonyl (C=O) groups excluding carboxylic acids is 2. The van der Waals surface area contributed by atoms with Crippen LogP contribution < -0.4 is 19.8 Å². The number of nitrogens with zero attached hydrogens (tertiary/aromatic N) is 3. The van der Waals surface area contributed by atoms with E-state index in [4.69, 9.17) is 11.6 Å². The molecule has 3 aliphatic heterocycles. The van der Waals surface area contributed by atoms with Gasteiger partial charge in [-0.3, -0.25) is 13.9 Å². The van der Waals surface area contributed by atoms with Crippen molar-refractivity contribution in [2.45, 2.75) is 37.9 Å². The van der Waals surface area contributed by atoms with Gasteiger partial charge in [0.1, 0.15) is 6.04 Å². The second-order valence-corrected chi connectivity index (χ2v) is 13.8. The molecule has 9 nitrogen and oxygen atoms in total. The van der Waals surface area contributed by atoms with Gasteiger partial charge in [0.05, 0.1) is 23.7 Å². The number of hydrogen-bond donors (Lipinski definition) is 2. The largest absolute Gasteiger partial charge is 0.366 e. The Balaban J connectivity index is 1.16. The fourth-order valence-electron chi connectivity index (χ4n) is 6.34. The van der Waals surface area contributed by atoms with Crippen molar-refractivity contribution >= 4 is 44.8 Å². The molecule has 226 valence electrons. The molecular formula is C32H36ClN5O4S. The van der Waals surface area contributed by atoms with Crippen molar-refractivity contribution in [2.24, 2.45) is 0 Å². The fourth-order valence-corrected chi connectivity index (χ4v) is 7.44. The average Bonchev–Trinajstić information content (AvgIpc) is 3.47. The van der Waals surface area contributed by atoms with Crippen LogP contribution in [0.25, 0.3) is 0 Å². The standard InChI is InChI=1S/C32H36ClN5O4S/c1-43(41,42)38-14-13-23-7-4-8-29(30(23)38)36-15-17-37(18-16-36)32(40)28(19-22-9-11-26(33)12-10-22)35-31(39)27-20-24-5-2-3-6-25(24)21-34-27/h2-12,27-28,34H,13-21H2,1H3,(H,35,39)/t27-,28?/m1/s1. The lowest BCUT2D eigenvalue weighted by Gasteiger charge is -2.39. The molecule has 43 heavy (non-hydrogen) atoms. The summed E-state index contributed by atoms with van der Waals surface area (Å²) in [4.78, 5) is 31.4. The normalized spacial score (nSPS) is 19.0. The number of halogens is 1. The molecule has 0 bridgehead atoms.